The number of piperazine rings is 1. The van der Waals surface area contributed by atoms with Gasteiger partial charge in [0.2, 0.25) is 5.91 Å². The zero-order valence-electron chi connectivity index (χ0n) is 15.4. The molecule has 0 atom stereocenters. The molecule has 6 nitrogen and oxygen atoms in total. The summed E-state index contributed by atoms with van der Waals surface area (Å²) in [4.78, 5) is 26.2. The lowest BCUT2D eigenvalue weighted by molar-refractivity contribution is -0.120. The number of nitrogens with one attached hydrogen (secondary N) is 3. The second-order valence-corrected chi connectivity index (χ2v) is 6.73. The topological polar surface area (TPSA) is 73.5 Å². The molecule has 28 heavy (non-hydrogen) atoms. The number of carbonyl (C=O) groups excluding carboxylic acids is 2. The Balaban J connectivity index is 1.45. The summed E-state index contributed by atoms with van der Waals surface area (Å²) in [5.41, 5.74) is 2.60. The predicted molar refractivity (Wildman–Crippen MR) is 111 cm³/mol. The zero-order chi connectivity index (χ0) is 19.3. The number of hydrogen-bond acceptors (Lipinski definition) is 3. The van der Waals surface area contributed by atoms with E-state index in [1.807, 2.05) is 53.4 Å². The summed E-state index contributed by atoms with van der Waals surface area (Å²) in [5, 5.41) is 10.9. The molecule has 0 unspecified atom stereocenters. The number of amides is 3. The summed E-state index contributed by atoms with van der Waals surface area (Å²) >= 11 is 0. The van der Waals surface area contributed by atoms with E-state index in [1.165, 1.54) is 0 Å². The number of hydrogen-bond donors (Lipinski definition) is 3. The Kier molecular flexibility index (Phi) is 5.10. The normalized spacial score (nSPS) is 13.9. The fraction of sp³-hybridized carbons (Fsp3) is 0.182. The minimum Gasteiger partial charge on any atom is -0.359 e. The van der Waals surface area contributed by atoms with Gasteiger partial charge in [0.1, 0.15) is 0 Å². The van der Waals surface area contributed by atoms with E-state index in [0.29, 0.717) is 25.3 Å². The molecule has 0 aliphatic carbocycles. The van der Waals surface area contributed by atoms with Crippen LogP contribution in [-0.4, -0.2) is 31.6 Å². The smallest absolute Gasteiger partial charge is 0.319 e. The van der Waals surface area contributed by atoms with Crippen molar-refractivity contribution < 1.29 is 9.59 Å². The number of fused-ring (bicyclic) bond motifs is 1. The Bertz CT molecular complexity index is 1010. The quantitative estimate of drug-likeness (QED) is 0.657. The number of carbonyl (C=O) groups is 2. The van der Waals surface area contributed by atoms with Crippen LogP contribution in [0.15, 0.2) is 66.7 Å². The highest BCUT2D eigenvalue weighted by Gasteiger charge is 2.19. The standard InChI is InChI=1S/C22H22N4O2/c27-21-15-26(13-12-23-21)20-11-4-3-10-19(20)25-22(28)24-14-17-8-5-7-16-6-1-2-9-18(16)17/h1-11H,12-15H2,(H,23,27)(H2,24,25,28). The van der Waals surface area contributed by atoms with Crippen LogP contribution in [-0.2, 0) is 11.3 Å². The molecular weight excluding hydrogens is 352 g/mol. The lowest BCUT2D eigenvalue weighted by atomic mass is 10.0. The van der Waals surface area contributed by atoms with Gasteiger partial charge in [-0.05, 0) is 28.5 Å². The number of nitrogens with zero attached hydrogens (tertiary/aromatic N) is 1. The summed E-state index contributed by atoms with van der Waals surface area (Å²) in [7, 11) is 0. The fourth-order valence-electron chi connectivity index (χ4n) is 3.49. The average molecular weight is 374 g/mol. The summed E-state index contributed by atoms with van der Waals surface area (Å²) in [5.74, 6) is -0.0125. The Morgan fingerprint density at radius 2 is 1.79 bits per heavy atom. The van der Waals surface area contributed by atoms with Crippen molar-refractivity contribution in [3.05, 3.63) is 72.3 Å². The molecule has 3 N–H and O–H groups in total. The molecule has 4 rings (SSSR count). The zero-order valence-corrected chi connectivity index (χ0v) is 15.4. The molecule has 1 aliphatic rings. The van der Waals surface area contributed by atoms with Crippen LogP contribution in [0.3, 0.4) is 0 Å². The molecule has 1 saturated heterocycles. The van der Waals surface area contributed by atoms with Crippen LogP contribution in [0.4, 0.5) is 16.2 Å². The highest BCUT2D eigenvalue weighted by molar-refractivity contribution is 5.94. The van der Waals surface area contributed by atoms with Crippen LogP contribution in [0.25, 0.3) is 10.8 Å². The molecule has 3 aromatic carbocycles. The SMILES string of the molecule is O=C1CN(c2ccccc2NC(=O)NCc2cccc3ccccc23)CCN1. The summed E-state index contributed by atoms with van der Waals surface area (Å²) < 4.78 is 0. The number of para-hydroxylation sites is 2. The van der Waals surface area contributed by atoms with Gasteiger partial charge in [0.25, 0.3) is 0 Å². The number of benzene rings is 3. The van der Waals surface area contributed by atoms with Crippen molar-refractivity contribution in [1.82, 2.24) is 10.6 Å². The second kappa shape index (κ2) is 8.00. The van der Waals surface area contributed by atoms with E-state index in [-0.39, 0.29) is 18.5 Å². The largest absolute Gasteiger partial charge is 0.359 e. The van der Waals surface area contributed by atoms with Gasteiger partial charge in [-0.15, -0.1) is 0 Å². The van der Waals surface area contributed by atoms with E-state index in [1.54, 1.807) is 0 Å². The molecule has 0 radical (unpaired) electrons. The third-order valence-corrected chi connectivity index (χ3v) is 4.85. The maximum absolute atomic E-state index is 12.5. The first-order valence-corrected chi connectivity index (χ1v) is 9.33. The predicted octanol–water partition coefficient (Wildman–Crippen LogP) is 3.10. The van der Waals surface area contributed by atoms with Crippen molar-refractivity contribution in [3.63, 3.8) is 0 Å². The van der Waals surface area contributed by atoms with Crippen molar-refractivity contribution in [2.45, 2.75) is 6.54 Å². The van der Waals surface area contributed by atoms with E-state index in [4.69, 9.17) is 0 Å². The lowest BCUT2D eigenvalue weighted by Gasteiger charge is -2.30. The molecule has 0 spiro atoms. The van der Waals surface area contributed by atoms with Crippen LogP contribution in [0.5, 0.6) is 0 Å². The molecule has 3 amide bonds. The Morgan fingerprint density at radius 1 is 1.00 bits per heavy atom. The van der Waals surface area contributed by atoms with Crippen molar-refractivity contribution in [1.29, 1.82) is 0 Å². The highest BCUT2D eigenvalue weighted by atomic mass is 16.2. The third kappa shape index (κ3) is 3.91. The van der Waals surface area contributed by atoms with E-state index >= 15 is 0 Å². The van der Waals surface area contributed by atoms with E-state index in [0.717, 1.165) is 22.0 Å². The molecular formula is C22H22N4O2. The fourth-order valence-corrected chi connectivity index (χ4v) is 3.49. The van der Waals surface area contributed by atoms with Gasteiger partial charge in [-0.25, -0.2) is 4.79 Å². The molecule has 1 fully saturated rings. The summed E-state index contributed by atoms with van der Waals surface area (Å²) in [6, 6.07) is 21.4. The maximum Gasteiger partial charge on any atom is 0.319 e. The van der Waals surface area contributed by atoms with Crippen LogP contribution in [0.2, 0.25) is 0 Å². The Labute approximate surface area is 163 Å². The first-order chi connectivity index (χ1) is 13.7. The minimum atomic E-state index is -0.276. The van der Waals surface area contributed by atoms with E-state index in [9.17, 15) is 9.59 Å². The Hall–Kier alpha value is -3.54. The monoisotopic (exact) mass is 374 g/mol. The number of rotatable bonds is 4. The average Bonchev–Trinajstić information content (AvgIpc) is 2.72. The molecule has 0 bridgehead atoms. The van der Waals surface area contributed by atoms with Gasteiger partial charge in [0, 0.05) is 19.6 Å². The molecule has 0 saturated carbocycles. The maximum atomic E-state index is 12.5. The van der Waals surface area contributed by atoms with Crippen LogP contribution in [0.1, 0.15) is 5.56 Å². The molecule has 1 aliphatic heterocycles. The third-order valence-electron chi connectivity index (χ3n) is 4.85. The molecule has 0 aromatic heterocycles. The Morgan fingerprint density at radius 3 is 2.68 bits per heavy atom. The first-order valence-electron chi connectivity index (χ1n) is 9.33. The van der Waals surface area contributed by atoms with Gasteiger partial charge in [0.05, 0.1) is 17.9 Å². The molecule has 3 aromatic rings. The van der Waals surface area contributed by atoms with E-state index in [2.05, 4.69) is 34.1 Å². The first kappa shape index (κ1) is 17.9. The van der Waals surface area contributed by atoms with E-state index < -0.39 is 0 Å². The number of anilines is 2. The van der Waals surface area contributed by atoms with Crippen LogP contribution in [0, 0.1) is 0 Å². The molecule has 1 heterocycles. The minimum absolute atomic E-state index is 0.0125. The van der Waals surface area contributed by atoms with Crippen molar-refractivity contribution in [3.8, 4) is 0 Å². The molecule has 6 heteroatoms. The van der Waals surface area contributed by atoms with Gasteiger partial charge in [-0.2, -0.15) is 0 Å². The highest BCUT2D eigenvalue weighted by Crippen LogP contribution is 2.26. The van der Waals surface area contributed by atoms with Crippen molar-refractivity contribution in [2.75, 3.05) is 29.9 Å². The van der Waals surface area contributed by atoms with Crippen molar-refractivity contribution in [2.24, 2.45) is 0 Å². The summed E-state index contributed by atoms with van der Waals surface area (Å²) in [6.45, 7) is 2.03. The van der Waals surface area contributed by atoms with Crippen molar-refractivity contribution >= 4 is 34.1 Å². The van der Waals surface area contributed by atoms with Crippen LogP contribution < -0.4 is 20.9 Å². The van der Waals surface area contributed by atoms with Gasteiger partial charge < -0.3 is 20.9 Å². The van der Waals surface area contributed by atoms with Gasteiger partial charge in [0.15, 0.2) is 0 Å². The lowest BCUT2D eigenvalue weighted by Crippen LogP contribution is -2.48. The molecule has 142 valence electrons. The van der Waals surface area contributed by atoms with Gasteiger partial charge >= 0.3 is 6.03 Å². The second-order valence-electron chi connectivity index (χ2n) is 6.73. The number of urea groups is 1. The summed E-state index contributed by atoms with van der Waals surface area (Å²) in [6.07, 6.45) is 0. The van der Waals surface area contributed by atoms with Crippen LogP contribution >= 0.6 is 0 Å². The van der Waals surface area contributed by atoms with Gasteiger partial charge in [-0.3, -0.25) is 4.79 Å². The van der Waals surface area contributed by atoms with Gasteiger partial charge in [-0.1, -0.05) is 54.6 Å².